The van der Waals surface area contributed by atoms with Crippen molar-refractivity contribution >= 4 is 11.5 Å². The number of rotatable bonds is 2. The van der Waals surface area contributed by atoms with E-state index in [2.05, 4.69) is 27.4 Å². The van der Waals surface area contributed by atoms with Crippen LogP contribution in [0, 0.1) is 5.92 Å². The maximum absolute atomic E-state index is 4.39. The molecule has 2 unspecified atom stereocenters. The summed E-state index contributed by atoms with van der Waals surface area (Å²) in [6.07, 6.45) is 11.8. The van der Waals surface area contributed by atoms with Crippen molar-refractivity contribution in [2.75, 3.05) is 5.32 Å². The van der Waals surface area contributed by atoms with Gasteiger partial charge in [0.2, 0.25) is 5.65 Å². The summed E-state index contributed by atoms with van der Waals surface area (Å²) in [6, 6.07) is 0.519. The van der Waals surface area contributed by atoms with Gasteiger partial charge in [0.1, 0.15) is 6.33 Å². The first-order valence-corrected chi connectivity index (χ1v) is 6.74. The highest BCUT2D eigenvalue weighted by molar-refractivity contribution is 5.61. The Morgan fingerprint density at radius 3 is 3.17 bits per heavy atom. The van der Waals surface area contributed by atoms with E-state index in [-0.39, 0.29) is 0 Å². The molecule has 1 aliphatic carbocycles. The molecule has 0 bridgehead atoms. The Kier molecular flexibility index (Phi) is 3.13. The summed E-state index contributed by atoms with van der Waals surface area (Å²) < 4.78 is 1.90. The van der Waals surface area contributed by atoms with Gasteiger partial charge in [-0.1, -0.05) is 19.8 Å². The van der Waals surface area contributed by atoms with Crippen LogP contribution in [0.1, 0.15) is 39.0 Å². The van der Waals surface area contributed by atoms with Crippen molar-refractivity contribution in [2.45, 2.75) is 45.1 Å². The molecule has 0 aromatic carbocycles. The van der Waals surface area contributed by atoms with Crippen LogP contribution in [0.15, 0.2) is 18.7 Å². The predicted octanol–water partition coefficient (Wildman–Crippen LogP) is 2.51. The van der Waals surface area contributed by atoms with E-state index >= 15 is 0 Å². The molecule has 0 radical (unpaired) electrons. The summed E-state index contributed by atoms with van der Waals surface area (Å²) in [5, 5.41) is 11.6. The van der Waals surface area contributed by atoms with Crippen LogP contribution in [-0.4, -0.2) is 25.6 Å². The van der Waals surface area contributed by atoms with Gasteiger partial charge in [0.25, 0.3) is 0 Å². The molecule has 18 heavy (non-hydrogen) atoms. The van der Waals surface area contributed by atoms with Crippen LogP contribution in [0.25, 0.3) is 5.65 Å². The van der Waals surface area contributed by atoms with E-state index in [4.69, 9.17) is 0 Å². The average Bonchev–Trinajstić information content (AvgIpc) is 2.76. The minimum absolute atomic E-state index is 0.519. The van der Waals surface area contributed by atoms with Crippen LogP contribution in [0.5, 0.6) is 0 Å². The van der Waals surface area contributed by atoms with Gasteiger partial charge < -0.3 is 5.32 Å². The standard InChI is InChI=1S/C13H19N5/c1-10-3-2-4-11(6-5-10)16-12-13-17-15-9-18(13)8-7-14-12/h7-11H,2-6H2,1H3,(H,14,16). The molecule has 96 valence electrons. The van der Waals surface area contributed by atoms with E-state index in [1.165, 1.54) is 32.1 Å². The van der Waals surface area contributed by atoms with Gasteiger partial charge >= 0.3 is 0 Å². The van der Waals surface area contributed by atoms with Crippen molar-refractivity contribution < 1.29 is 0 Å². The molecule has 0 spiro atoms. The van der Waals surface area contributed by atoms with Gasteiger partial charge in [0.15, 0.2) is 5.82 Å². The highest BCUT2D eigenvalue weighted by Crippen LogP contribution is 2.25. The zero-order valence-electron chi connectivity index (χ0n) is 10.7. The van der Waals surface area contributed by atoms with Gasteiger partial charge in [-0.05, 0) is 25.2 Å². The largest absolute Gasteiger partial charge is 0.364 e. The van der Waals surface area contributed by atoms with Gasteiger partial charge in [-0.3, -0.25) is 4.40 Å². The SMILES string of the molecule is CC1CCCC(Nc2nccn3cnnc23)CC1. The van der Waals surface area contributed by atoms with E-state index in [9.17, 15) is 0 Å². The second kappa shape index (κ2) is 4.92. The number of nitrogens with zero attached hydrogens (tertiary/aromatic N) is 4. The van der Waals surface area contributed by atoms with Gasteiger partial charge in [0.05, 0.1) is 0 Å². The molecule has 2 aromatic heterocycles. The molecule has 5 nitrogen and oxygen atoms in total. The lowest BCUT2D eigenvalue weighted by Crippen LogP contribution is -2.19. The lowest BCUT2D eigenvalue weighted by atomic mass is 10.0. The molecule has 0 amide bonds. The molecule has 1 fully saturated rings. The molecule has 2 atom stereocenters. The molecule has 0 aliphatic heterocycles. The normalized spacial score (nSPS) is 24.9. The van der Waals surface area contributed by atoms with Gasteiger partial charge in [0, 0.05) is 18.4 Å². The Labute approximate surface area is 107 Å². The zero-order chi connectivity index (χ0) is 12.4. The van der Waals surface area contributed by atoms with Crippen LogP contribution in [0.2, 0.25) is 0 Å². The first kappa shape index (κ1) is 11.4. The summed E-state index contributed by atoms with van der Waals surface area (Å²) in [6.45, 7) is 2.35. The fraction of sp³-hybridized carbons (Fsp3) is 0.615. The zero-order valence-corrected chi connectivity index (χ0v) is 10.7. The molecule has 1 N–H and O–H groups in total. The Hall–Kier alpha value is -1.65. The summed E-state index contributed by atoms with van der Waals surface area (Å²) >= 11 is 0. The summed E-state index contributed by atoms with van der Waals surface area (Å²) in [5.74, 6) is 1.71. The Morgan fingerprint density at radius 1 is 1.28 bits per heavy atom. The molecule has 2 aromatic rings. The van der Waals surface area contributed by atoms with Crippen LogP contribution in [0.3, 0.4) is 0 Å². The van der Waals surface area contributed by atoms with Crippen LogP contribution in [0.4, 0.5) is 5.82 Å². The maximum atomic E-state index is 4.39. The first-order valence-electron chi connectivity index (χ1n) is 6.74. The third kappa shape index (κ3) is 2.30. The molecule has 1 saturated carbocycles. The predicted molar refractivity (Wildman–Crippen MR) is 70.4 cm³/mol. The van der Waals surface area contributed by atoms with Gasteiger partial charge in [-0.2, -0.15) is 0 Å². The van der Waals surface area contributed by atoms with Gasteiger partial charge in [-0.15, -0.1) is 10.2 Å². The van der Waals surface area contributed by atoms with E-state index < -0.39 is 0 Å². The molecule has 0 saturated heterocycles. The summed E-state index contributed by atoms with van der Waals surface area (Å²) in [7, 11) is 0. The average molecular weight is 245 g/mol. The number of hydrogen-bond donors (Lipinski definition) is 1. The molecular formula is C13H19N5. The summed E-state index contributed by atoms with van der Waals surface area (Å²) in [5.41, 5.74) is 0.815. The van der Waals surface area contributed by atoms with Crippen molar-refractivity contribution in [2.24, 2.45) is 5.92 Å². The van der Waals surface area contributed by atoms with E-state index in [0.29, 0.717) is 6.04 Å². The van der Waals surface area contributed by atoms with E-state index in [1.807, 2.05) is 10.6 Å². The second-order valence-corrected chi connectivity index (χ2v) is 5.29. The fourth-order valence-electron chi connectivity index (χ4n) is 2.69. The molecular weight excluding hydrogens is 226 g/mol. The molecule has 3 rings (SSSR count). The monoisotopic (exact) mass is 245 g/mol. The first-order chi connectivity index (χ1) is 8.83. The summed E-state index contributed by atoms with van der Waals surface area (Å²) in [4.78, 5) is 4.39. The van der Waals surface area contributed by atoms with Crippen molar-refractivity contribution in [1.29, 1.82) is 0 Å². The quantitative estimate of drug-likeness (QED) is 0.826. The van der Waals surface area contributed by atoms with Gasteiger partial charge in [-0.25, -0.2) is 4.98 Å². The van der Waals surface area contributed by atoms with Crippen molar-refractivity contribution in [3.63, 3.8) is 0 Å². The van der Waals surface area contributed by atoms with E-state index in [0.717, 1.165) is 17.4 Å². The number of fused-ring (bicyclic) bond motifs is 1. The topological polar surface area (TPSA) is 55.1 Å². The molecule has 5 heteroatoms. The minimum atomic E-state index is 0.519. The highest BCUT2D eigenvalue weighted by Gasteiger charge is 2.17. The second-order valence-electron chi connectivity index (χ2n) is 5.29. The Balaban J connectivity index is 1.77. The molecule has 2 heterocycles. The number of aromatic nitrogens is 4. The third-order valence-electron chi connectivity index (χ3n) is 3.81. The van der Waals surface area contributed by atoms with Crippen molar-refractivity contribution in [1.82, 2.24) is 19.6 Å². The smallest absolute Gasteiger partial charge is 0.203 e. The number of anilines is 1. The van der Waals surface area contributed by atoms with Crippen molar-refractivity contribution in [3.8, 4) is 0 Å². The fourth-order valence-corrected chi connectivity index (χ4v) is 2.69. The molecule has 1 aliphatic rings. The lowest BCUT2D eigenvalue weighted by molar-refractivity contribution is 0.502. The van der Waals surface area contributed by atoms with Crippen LogP contribution in [-0.2, 0) is 0 Å². The number of hydrogen-bond acceptors (Lipinski definition) is 4. The Bertz CT molecular complexity index is 521. The Morgan fingerprint density at radius 2 is 2.22 bits per heavy atom. The maximum Gasteiger partial charge on any atom is 0.203 e. The highest BCUT2D eigenvalue weighted by atomic mass is 15.2. The van der Waals surface area contributed by atoms with Crippen molar-refractivity contribution in [3.05, 3.63) is 18.7 Å². The van der Waals surface area contributed by atoms with Crippen LogP contribution < -0.4 is 5.32 Å². The lowest BCUT2D eigenvalue weighted by Gasteiger charge is -2.17. The minimum Gasteiger partial charge on any atom is -0.364 e. The number of nitrogens with one attached hydrogen (secondary N) is 1. The van der Waals surface area contributed by atoms with Crippen LogP contribution >= 0.6 is 0 Å². The van der Waals surface area contributed by atoms with E-state index in [1.54, 1.807) is 12.5 Å². The third-order valence-corrected chi connectivity index (χ3v) is 3.81.